The fourth-order valence-electron chi connectivity index (χ4n) is 4.21. The summed E-state index contributed by atoms with van der Waals surface area (Å²) >= 11 is 0. The van der Waals surface area contributed by atoms with Crippen molar-refractivity contribution in [2.24, 2.45) is 0 Å². The first kappa shape index (κ1) is 53.2. The Morgan fingerprint density at radius 2 is 0.648 bits per heavy atom. The summed E-state index contributed by atoms with van der Waals surface area (Å²) in [6.45, 7) is 25.4. The van der Waals surface area contributed by atoms with Crippen molar-refractivity contribution in [3.05, 3.63) is 0 Å². The molecule has 0 fully saturated rings. The number of carbonyl (C=O) groups excluding carboxylic acids is 1. The predicted molar refractivity (Wildman–Crippen MR) is 211 cm³/mol. The van der Waals surface area contributed by atoms with Gasteiger partial charge in [0.05, 0.1) is 152 Å². The lowest BCUT2D eigenvalue weighted by Gasteiger charge is -2.36. The Bertz CT molecular complexity index is 772. The number of esters is 1. The SMILES string of the molecule is CCCCCCCCC(=O)OCCOCCOCCOCCOCCOCCOCCOCCOCCOCCOCCOCCO[Si](C)(C)C(C)(C)C. The van der Waals surface area contributed by atoms with E-state index in [4.69, 9.17) is 61.3 Å². The Balaban J connectivity index is 3.15. The minimum absolute atomic E-state index is 0.144. The molecule has 0 heterocycles. The monoisotopic (exact) mass is 801 g/mol. The largest absolute Gasteiger partial charge is 0.463 e. The Morgan fingerprint density at radius 1 is 0.389 bits per heavy atom. The van der Waals surface area contributed by atoms with Crippen molar-refractivity contribution in [3.63, 3.8) is 0 Å². The van der Waals surface area contributed by atoms with E-state index < -0.39 is 8.32 Å². The number of hydrogen-bond acceptors (Lipinski definition) is 14. The Kier molecular flexibility index (Phi) is 39.8. The van der Waals surface area contributed by atoms with Gasteiger partial charge in [0.25, 0.3) is 0 Å². The topological polar surface area (TPSA) is 137 Å². The molecule has 0 bridgehead atoms. The molecule has 15 heteroatoms. The van der Waals surface area contributed by atoms with E-state index in [1.54, 1.807) is 0 Å². The van der Waals surface area contributed by atoms with Gasteiger partial charge in [-0.05, 0) is 24.6 Å². The Hall–Kier alpha value is -0.793. The van der Waals surface area contributed by atoms with E-state index in [0.29, 0.717) is 158 Å². The molecule has 0 aromatic carbocycles. The van der Waals surface area contributed by atoms with Crippen LogP contribution in [-0.4, -0.2) is 173 Å². The van der Waals surface area contributed by atoms with Crippen molar-refractivity contribution in [2.45, 2.75) is 90.8 Å². The summed E-state index contributed by atoms with van der Waals surface area (Å²) < 4.78 is 71.8. The van der Waals surface area contributed by atoms with Gasteiger partial charge in [-0.2, -0.15) is 0 Å². The van der Waals surface area contributed by atoms with E-state index in [1.165, 1.54) is 25.7 Å². The molecule has 0 aliphatic rings. The zero-order chi connectivity index (χ0) is 39.7. The van der Waals surface area contributed by atoms with E-state index in [2.05, 4.69) is 40.8 Å². The molecule has 0 amide bonds. The molecule has 324 valence electrons. The Morgan fingerprint density at radius 3 is 0.944 bits per heavy atom. The molecule has 54 heavy (non-hydrogen) atoms. The molecule has 14 nitrogen and oxygen atoms in total. The lowest BCUT2D eigenvalue weighted by Crippen LogP contribution is -2.41. The third-order valence-corrected chi connectivity index (χ3v) is 13.0. The van der Waals surface area contributed by atoms with Gasteiger partial charge in [0.2, 0.25) is 0 Å². The second-order valence-corrected chi connectivity index (χ2v) is 18.9. The van der Waals surface area contributed by atoms with Crippen LogP contribution in [0.3, 0.4) is 0 Å². The first-order chi connectivity index (χ1) is 26.2. The first-order valence-corrected chi connectivity index (χ1v) is 23.3. The number of unbranched alkanes of at least 4 members (excludes halogenated alkanes) is 5. The normalized spacial score (nSPS) is 12.2. The van der Waals surface area contributed by atoms with Gasteiger partial charge in [-0.25, -0.2) is 0 Å². The highest BCUT2D eigenvalue weighted by Crippen LogP contribution is 2.36. The van der Waals surface area contributed by atoms with Gasteiger partial charge >= 0.3 is 5.97 Å². The van der Waals surface area contributed by atoms with Crippen molar-refractivity contribution >= 4 is 14.3 Å². The van der Waals surface area contributed by atoms with Gasteiger partial charge in [0, 0.05) is 6.42 Å². The second kappa shape index (κ2) is 40.4. The minimum Gasteiger partial charge on any atom is -0.463 e. The summed E-state index contributed by atoms with van der Waals surface area (Å²) in [5.74, 6) is -0.144. The number of hydrogen-bond donors (Lipinski definition) is 0. The van der Waals surface area contributed by atoms with Crippen molar-refractivity contribution in [1.82, 2.24) is 0 Å². The molecule has 0 aromatic rings. The quantitative estimate of drug-likeness (QED) is 0.0437. The van der Waals surface area contributed by atoms with Crippen LogP contribution in [0.15, 0.2) is 0 Å². The number of rotatable bonds is 44. The number of ether oxygens (including phenoxy) is 12. The summed E-state index contributed by atoms with van der Waals surface area (Å²) in [5.41, 5.74) is 0. The van der Waals surface area contributed by atoms with Crippen LogP contribution in [0.4, 0.5) is 0 Å². The van der Waals surface area contributed by atoms with Gasteiger partial charge in [-0.3, -0.25) is 4.79 Å². The van der Waals surface area contributed by atoms with Crippen LogP contribution in [0.2, 0.25) is 18.1 Å². The van der Waals surface area contributed by atoms with Crippen molar-refractivity contribution in [2.75, 3.05) is 159 Å². The highest BCUT2D eigenvalue weighted by atomic mass is 28.4. The molecule has 0 rings (SSSR count). The van der Waals surface area contributed by atoms with Crippen molar-refractivity contribution < 1.29 is 66.1 Å². The van der Waals surface area contributed by atoms with E-state index in [1.807, 2.05) is 0 Å². The average Bonchev–Trinajstić information content (AvgIpc) is 3.13. The van der Waals surface area contributed by atoms with Crippen LogP contribution in [0, 0.1) is 0 Å². The summed E-state index contributed by atoms with van der Waals surface area (Å²) in [5, 5.41) is 0.213. The van der Waals surface area contributed by atoms with Gasteiger partial charge < -0.3 is 61.3 Å². The third kappa shape index (κ3) is 39.4. The maximum atomic E-state index is 11.7. The lowest BCUT2D eigenvalue weighted by molar-refractivity contribution is -0.145. The van der Waals surface area contributed by atoms with Gasteiger partial charge in [0.1, 0.15) is 6.61 Å². The van der Waals surface area contributed by atoms with Crippen LogP contribution >= 0.6 is 0 Å². The van der Waals surface area contributed by atoms with Gasteiger partial charge in [0.15, 0.2) is 8.32 Å². The Labute approximate surface area is 329 Å². The summed E-state index contributed by atoms with van der Waals surface area (Å²) in [4.78, 5) is 11.7. The van der Waals surface area contributed by atoms with Crippen LogP contribution in [0.25, 0.3) is 0 Å². The summed E-state index contributed by atoms with van der Waals surface area (Å²) in [7, 11) is -1.70. The summed E-state index contributed by atoms with van der Waals surface area (Å²) in [6, 6.07) is 0. The van der Waals surface area contributed by atoms with Gasteiger partial charge in [-0.1, -0.05) is 59.8 Å². The van der Waals surface area contributed by atoms with Crippen molar-refractivity contribution in [1.29, 1.82) is 0 Å². The smallest absolute Gasteiger partial charge is 0.305 e. The standard InChI is InChI=1S/C39H80O14Si/c1-7-8-9-10-11-12-13-38(40)52-36-34-50-32-30-48-28-26-46-24-22-44-20-18-42-16-14-41-15-17-43-19-21-45-23-25-47-27-29-49-31-33-51-35-37-53-54(5,6)39(2,3)4/h7-37H2,1-6H3. The lowest BCUT2D eigenvalue weighted by atomic mass is 10.1. The molecular formula is C39H80O14Si. The van der Waals surface area contributed by atoms with Crippen LogP contribution < -0.4 is 0 Å². The van der Waals surface area contributed by atoms with Crippen molar-refractivity contribution in [3.8, 4) is 0 Å². The molecule has 0 saturated heterocycles. The number of carbonyl (C=O) groups is 1. The van der Waals surface area contributed by atoms with Crippen LogP contribution in [-0.2, 0) is 66.1 Å². The van der Waals surface area contributed by atoms with Crippen LogP contribution in [0.1, 0.15) is 72.6 Å². The second-order valence-electron chi connectivity index (χ2n) is 14.1. The first-order valence-electron chi connectivity index (χ1n) is 20.4. The zero-order valence-electron chi connectivity index (χ0n) is 35.1. The van der Waals surface area contributed by atoms with E-state index in [0.717, 1.165) is 12.8 Å². The molecular weight excluding hydrogens is 721 g/mol. The highest BCUT2D eigenvalue weighted by Gasteiger charge is 2.36. The third-order valence-electron chi connectivity index (χ3n) is 8.44. The molecule has 0 unspecified atom stereocenters. The van der Waals surface area contributed by atoms with E-state index in [-0.39, 0.29) is 17.6 Å². The molecule has 0 atom stereocenters. The molecule has 0 spiro atoms. The molecule has 0 N–H and O–H groups in total. The fourth-order valence-corrected chi connectivity index (χ4v) is 5.24. The van der Waals surface area contributed by atoms with Crippen LogP contribution in [0.5, 0.6) is 0 Å². The highest BCUT2D eigenvalue weighted by molar-refractivity contribution is 6.74. The average molecular weight is 801 g/mol. The van der Waals surface area contributed by atoms with E-state index >= 15 is 0 Å². The zero-order valence-corrected chi connectivity index (χ0v) is 36.1. The maximum Gasteiger partial charge on any atom is 0.305 e. The summed E-state index contributed by atoms with van der Waals surface area (Å²) in [6.07, 6.45) is 7.42. The fraction of sp³-hybridized carbons (Fsp3) is 0.974. The van der Waals surface area contributed by atoms with Gasteiger partial charge in [-0.15, -0.1) is 0 Å². The molecule has 0 aromatic heterocycles. The molecule has 0 radical (unpaired) electrons. The maximum absolute atomic E-state index is 11.7. The molecule has 0 aliphatic heterocycles. The molecule has 0 aliphatic carbocycles. The predicted octanol–water partition coefficient (Wildman–Crippen LogP) is 5.48. The van der Waals surface area contributed by atoms with E-state index in [9.17, 15) is 4.79 Å². The minimum atomic E-state index is -1.70. The molecule has 0 saturated carbocycles.